The molecule has 0 saturated carbocycles. The largest absolute Gasteiger partial charge is 0.507 e. The van der Waals surface area contributed by atoms with Crippen molar-refractivity contribution in [3.63, 3.8) is 0 Å². The number of aromatic hydroxyl groups is 1. The van der Waals surface area contributed by atoms with E-state index in [1.54, 1.807) is 6.07 Å². The molecule has 2 heterocycles. The van der Waals surface area contributed by atoms with Crippen LogP contribution in [0.1, 0.15) is 43.0 Å². The van der Waals surface area contributed by atoms with Crippen molar-refractivity contribution in [2.75, 3.05) is 6.54 Å². The van der Waals surface area contributed by atoms with Crippen LogP contribution < -0.4 is 0 Å². The lowest BCUT2D eigenvalue weighted by molar-refractivity contribution is 0.151. The van der Waals surface area contributed by atoms with Crippen LogP contribution in [0.15, 0.2) is 40.9 Å². The third-order valence-electron chi connectivity index (χ3n) is 5.38. The van der Waals surface area contributed by atoms with Crippen molar-refractivity contribution < 1.29 is 9.63 Å². The highest BCUT2D eigenvalue weighted by atomic mass is 35.5. The Morgan fingerprint density at radius 3 is 2.77 bits per heavy atom. The minimum absolute atomic E-state index is 0.282. The second-order valence-electron chi connectivity index (χ2n) is 7.19. The van der Waals surface area contributed by atoms with Gasteiger partial charge in [-0.2, -0.15) is 0 Å². The van der Waals surface area contributed by atoms with E-state index in [1.807, 2.05) is 30.3 Å². The SMILES string of the molecule is CC1CCCCN1Cc1c(O)ccc2c(Cc3ccc(Cl)cc3)noc12. The zero-order chi connectivity index (χ0) is 18.1. The summed E-state index contributed by atoms with van der Waals surface area (Å²) in [4.78, 5) is 2.42. The normalized spacial score (nSPS) is 18.5. The van der Waals surface area contributed by atoms with E-state index >= 15 is 0 Å². The summed E-state index contributed by atoms with van der Waals surface area (Å²) in [5.74, 6) is 0.282. The maximum Gasteiger partial charge on any atom is 0.175 e. The number of likely N-dealkylation sites (tertiary alicyclic amines) is 1. The Morgan fingerprint density at radius 2 is 2.00 bits per heavy atom. The second-order valence-corrected chi connectivity index (χ2v) is 7.62. The van der Waals surface area contributed by atoms with E-state index in [0.717, 1.165) is 33.8 Å². The van der Waals surface area contributed by atoms with E-state index in [2.05, 4.69) is 17.0 Å². The molecule has 1 unspecified atom stereocenters. The van der Waals surface area contributed by atoms with Crippen LogP contribution in [0, 0.1) is 0 Å². The number of halogens is 1. The lowest BCUT2D eigenvalue weighted by atomic mass is 10.0. The predicted molar refractivity (Wildman–Crippen MR) is 104 cm³/mol. The van der Waals surface area contributed by atoms with E-state index in [0.29, 0.717) is 24.6 Å². The smallest absolute Gasteiger partial charge is 0.175 e. The molecule has 136 valence electrons. The van der Waals surface area contributed by atoms with Gasteiger partial charge < -0.3 is 9.63 Å². The molecule has 26 heavy (non-hydrogen) atoms. The van der Waals surface area contributed by atoms with Crippen LogP contribution in [-0.2, 0) is 13.0 Å². The van der Waals surface area contributed by atoms with Gasteiger partial charge in [0.15, 0.2) is 5.58 Å². The quantitative estimate of drug-likeness (QED) is 0.689. The molecule has 0 amide bonds. The van der Waals surface area contributed by atoms with Gasteiger partial charge in [0.1, 0.15) is 5.75 Å². The van der Waals surface area contributed by atoms with Gasteiger partial charge in [-0.25, -0.2) is 0 Å². The fourth-order valence-electron chi connectivity index (χ4n) is 3.77. The molecule has 1 atom stereocenters. The number of aromatic nitrogens is 1. The highest BCUT2D eigenvalue weighted by molar-refractivity contribution is 6.30. The number of phenols is 1. The number of benzene rings is 2. The zero-order valence-corrected chi connectivity index (χ0v) is 15.7. The Morgan fingerprint density at radius 1 is 1.19 bits per heavy atom. The van der Waals surface area contributed by atoms with Gasteiger partial charge in [-0.1, -0.05) is 35.3 Å². The molecule has 1 fully saturated rings. The second kappa shape index (κ2) is 7.29. The van der Waals surface area contributed by atoms with Crippen molar-refractivity contribution in [2.24, 2.45) is 0 Å². The number of rotatable bonds is 4. The monoisotopic (exact) mass is 370 g/mol. The van der Waals surface area contributed by atoms with Crippen LogP contribution in [0.5, 0.6) is 5.75 Å². The lowest BCUT2D eigenvalue weighted by Gasteiger charge is -2.33. The van der Waals surface area contributed by atoms with Crippen molar-refractivity contribution in [1.82, 2.24) is 10.1 Å². The minimum atomic E-state index is 0.282. The topological polar surface area (TPSA) is 49.5 Å². The average molecular weight is 371 g/mol. The van der Waals surface area contributed by atoms with Gasteiger partial charge in [-0.05, 0) is 56.1 Å². The molecule has 2 aromatic carbocycles. The molecule has 1 aliphatic heterocycles. The molecule has 4 rings (SSSR count). The molecular weight excluding hydrogens is 348 g/mol. The summed E-state index contributed by atoms with van der Waals surface area (Å²) in [6.07, 6.45) is 4.37. The number of nitrogens with zero attached hydrogens (tertiary/aromatic N) is 2. The Labute approximate surface area is 158 Å². The first-order valence-corrected chi connectivity index (χ1v) is 9.57. The molecule has 0 spiro atoms. The third-order valence-corrected chi connectivity index (χ3v) is 5.63. The third kappa shape index (κ3) is 3.44. The van der Waals surface area contributed by atoms with Crippen molar-refractivity contribution >= 4 is 22.6 Å². The van der Waals surface area contributed by atoms with Gasteiger partial charge >= 0.3 is 0 Å². The van der Waals surface area contributed by atoms with Crippen LogP contribution in [0.4, 0.5) is 0 Å². The molecular formula is C21H23ClN2O2. The summed E-state index contributed by atoms with van der Waals surface area (Å²) >= 11 is 5.96. The van der Waals surface area contributed by atoms with Gasteiger partial charge in [0, 0.05) is 29.4 Å². The van der Waals surface area contributed by atoms with Gasteiger partial charge in [0.05, 0.1) is 11.3 Å². The van der Waals surface area contributed by atoms with Crippen molar-refractivity contribution in [2.45, 2.75) is 45.2 Å². The minimum Gasteiger partial charge on any atom is -0.507 e. The van der Waals surface area contributed by atoms with E-state index < -0.39 is 0 Å². The van der Waals surface area contributed by atoms with Crippen LogP contribution in [-0.4, -0.2) is 27.7 Å². The van der Waals surface area contributed by atoms with E-state index in [1.165, 1.54) is 19.3 Å². The fraction of sp³-hybridized carbons (Fsp3) is 0.381. The molecule has 5 heteroatoms. The number of hydrogen-bond donors (Lipinski definition) is 1. The molecule has 1 aromatic heterocycles. The van der Waals surface area contributed by atoms with Gasteiger partial charge in [-0.3, -0.25) is 4.90 Å². The van der Waals surface area contributed by atoms with E-state index in [4.69, 9.17) is 16.1 Å². The number of piperidine rings is 1. The molecule has 1 N–H and O–H groups in total. The summed E-state index contributed by atoms with van der Waals surface area (Å²) < 4.78 is 5.67. The van der Waals surface area contributed by atoms with Crippen molar-refractivity contribution in [3.8, 4) is 5.75 Å². The maximum absolute atomic E-state index is 10.4. The summed E-state index contributed by atoms with van der Waals surface area (Å²) in [6, 6.07) is 11.9. The van der Waals surface area contributed by atoms with Gasteiger partial charge in [0.25, 0.3) is 0 Å². The highest BCUT2D eigenvalue weighted by Gasteiger charge is 2.23. The van der Waals surface area contributed by atoms with E-state index in [-0.39, 0.29) is 5.75 Å². The molecule has 3 aromatic rings. The van der Waals surface area contributed by atoms with Crippen LogP contribution >= 0.6 is 11.6 Å². The Bertz CT molecular complexity index is 904. The Balaban J connectivity index is 1.65. The number of fused-ring (bicyclic) bond motifs is 1. The van der Waals surface area contributed by atoms with E-state index in [9.17, 15) is 5.11 Å². The first-order chi connectivity index (χ1) is 12.6. The van der Waals surface area contributed by atoms with Gasteiger partial charge in [-0.15, -0.1) is 0 Å². The number of phenolic OH excluding ortho intramolecular Hbond substituents is 1. The first kappa shape index (κ1) is 17.4. The Hall–Kier alpha value is -2.04. The fourth-order valence-corrected chi connectivity index (χ4v) is 3.90. The average Bonchev–Trinajstić information content (AvgIpc) is 3.04. The predicted octanol–water partition coefficient (Wildman–Crippen LogP) is 5.15. The molecule has 4 nitrogen and oxygen atoms in total. The molecule has 0 aliphatic carbocycles. The highest BCUT2D eigenvalue weighted by Crippen LogP contribution is 2.32. The summed E-state index contributed by atoms with van der Waals surface area (Å²) in [7, 11) is 0. The Kier molecular flexibility index (Phi) is 4.88. The maximum atomic E-state index is 10.4. The summed E-state index contributed by atoms with van der Waals surface area (Å²) in [5, 5.41) is 16.4. The van der Waals surface area contributed by atoms with Crippen LogP contribution in [0.2, 0.25) is 5.02 Å². The van der Waals surface area contributed by atoms with Crippen molar-refractivity contribution in [1.29, 1.82) is 0 Å². The number of hydrogen-bond acceptors (Lipinski definition) is 4. The van der Waals surface area contributed by atoms with Gasteiger partial charge in [0.2, 0.25) is 0 Å². The molecule has 0 radical (unpaired) electrons. The van der Waals surface area contributed by atoms with Crippen LogP contribution in [0.25, 0.3) is 11.0 Å². The lowest BCUT2D eigenvalue weighted by Crippen LogP contribution is -2.36. The van der Waals surface area contributed by atoms with Crippen LogP contribution in [0.3, 0.4) is 0 Å². The summed E-state index contributed by atoms with van der Waals surface area (Å²) in [6.45, 7) is 4.01. The molecule has 0 bridgehead atoms. The molecule has 1 aliphatic rings. The standard InChI is InChI=1S/C21H23ClN2O2/c1-14-4-2-3-11-24(14)13-18-20(25)10-9-17-19(23-26-21(17)18)12-15-5-7-16(22)8-6-15/h5-10,14,25H,2-4,11-13H2,1H3. The van der Waals surface area contributed by atoms with Crippen molar-refractivity contribution in [3.05, 3.63) is 58.2 Å². The zero-order valence-electron chi connectivity index (χ0n) is 14.9. The summed E-state index contributed by atoms with van der Waals surface area (Å²) in [5.41, 5.74) is 3.55. The molecule has 1 saturated heterocycles. The first-order valence-electron chi connectivity index (χ1n) is 9.19.